The molecule has 0 spiro atoms. The molecular formula is C13H16N2. The zero-order chi connectivity index (χ0) is 10.8. The number of H-pyrrole nitrogens is 1. The Labute approximate surface area is 90.4 Å². The van der Waals surface area contributed by atoms with E-state index in [9.17, 15) is 0 Å². The number of nitrogens with one attached hydrogen (secondary N) is 1. The Balaban J connectivity index is 2.31. The highest BCUT2D eigenvalue weighted by molar-refractivity contribution is 5.55. The van der Waals surface area contributed by atoms with Gasteiger partial charge in [0.15, 0.2) is 0 Å². The molecule has 2 aromatic rings. The molecule has 0 radical (unpaired) electrons. The number of hydrogen-bond donors (Lipinski definition) is 1. The third kappa shape index (κ3) is 2.09. The van der Waals surface area contributed by atoms with E-state index in [1.54, 1.807) is 0 Å². The maximum atomic E-state index is 4.30. The van der Waals surface area contributed by atoms with Gasteiger partial charge in [0, 0.05) is 17.5 Å². The van der Waals surface area contributed by atoms with Crippen molar-refractivity contribution in [3.63, 3.8) is 0 Å². The molecule has 1 aromatic heterocycles. The number of rotatable bonds is 2. The van der Waals surface area contributed by atoms with Crippen molar-refractivity contribution in [2.24, 2.45) is 0 Å². The van der Waals surface area contributed by atoms with Gasteiger partial charge in [0.1, 0.15) is 5.82 Å². The summed E-state index contributed by atoms with van der Waals surface area (Å²) < 4.78 is 0. The molecule has 0 aliphatic carbocycles. The summed E-state index contributed by atoms with van der Waals surface area (Å²) in [6.45, 7) is 6.41. The fourth-order valence-electron chi connectivity index (χ4n) is 1.59. The standard InChI is InChI=1S/C13H16N2/c1-9(2)11-4-6-12(7-5-11)13-14-8-10(3)15-13/h4-9H,1-3H3,(H,14,15). The minimum atomic E-state index is 0.581. The Hall–Kier alpha value is -1.57. The molecule has 2 nitrogen and oxygen atoms in total. The molecule has 0 amide bonds. The van der Waals surface area contributed by atoms with Gasteiger partial charge in [0.05, 0.1) is 0 Å². The third-order valence-corrected chi connectivity index (χ3v) is 2.55. The zero-order valence-electron chi connectivity index (χ0n) is 9.41. The summed E-state index contributed by atoms with van der Waals surface area (Å²) in [5, 5.41) is 0. The smallest absolute Gasteiger partial charge is 0.137 e. The van der Waals surface area contributed by atoms with Crippen LogP contribution in [0.25, 0.3) is 11.4 Å². The minimum absolute atomic E-state index is 0.581. The Kier molecular flexibility index (Phi) is 2.58. The number of hydrogen-bond acceptors (Lipinski definition) is 1. The van der Waals surface area contributed by atoms with Crippen molar-refractivity contribution in [3.05, 3.63) is 41.7 Å². The van der Waals surface area contributed by atoms with Crippen LogP contribution in [-0.4, -0.2) is 9.97 Å². The van der Waals surface area contributed by atoms with E-state index in [-0.39, 0.29) is 0 Å². The molecule has 1 heterocycles. The largest absolute Gasteiger partial charge is 0.342 e. The molecule has 1 N–H and O–H groups in total. The Morgan fingerprint density at radius 1 is 1.13 bits per heavy atom. The summed E-state index contributed by atoms with van der Waals surface area (Å²) in [6.07, 6.45) is 1.85. The highest BCUT2D eigenvalue weighted by Crippen LogP contribution is 2.20. The summed E-state index contributed by atoms with van der Waals surface area (Å²) >= 11 is 0. The molecule has 0 fully saturated rings. The van der Waals surface area contributed by atoms with Gasteiger partial charge in [-0.15, -0.1) is 0 Å². The number of aromatic amines is 1. The van der Waals surface area contributed by atoms with E-state index in [4.69, 9.17) is 0 Å². The number of aryl methyl sites for hydroxylation is 1. The predicted octanol–water partition coefficient (Wildman–Crippen LogP) is 3.51. The molecular weight excluding hydrogens is 184 g/mol. The van der Waals surface area contributed by atoms with Crippen LogP contribution in [0.2, 0.25) is 0 Å². The van der Waals surface area contributed by atoms with E-state index in [2.05, 4.69) is 48.1 Å². The molecule has 2 heteroatoms. The van der Waals surface area contributed by atoms with E-state index in [0.717, 1.165) is 17.1 Å². The molecule has 0 atom stereocenters. The summed E-state index contributed by atoms with van der Waals surface area (Å²) in [5.74, 6) is 1.53. The third-order valence-electron chi connectivity index (χ3n) is 2.55. The van der Waals surface area contributed by atoms with Gasteiger partial charge in [0.25, 0.3) is 0 Å². The van der Waals surface area contributed by atoms with Gasteiger partial charge in [-0.1, -0.05) is 38.1 Å². The fourth-order valence-corrected chi connectivity index (χ4v) is 1.59. The quantitative estimate of drug-likeness (QED) is 0.789. The Bertz CT molecular complexity index is 438. The average molecular weight is 200 g/mol. The maximum absolute atomic E-state index is 4.30. The first kappa shape index (κ1) is 9.97. The van der Waals surface area contributed by atoms with Gasteiger partial charge in [-0.25, -0.2) is 4.98 Å². The number of aromatic nitrogens is 2. The highest BCUT2D eigenvalue weighted by Gasteiger charge is 2.02. The van der Waals surface area contributed by atoms with Gasteiger partial charge in [0.2, 0.25) is 0 Å². The molecule has 2 rings (SSSR count). The maximum Gasteiger partial charge on any atom is 0.137 e. The van der Waals surface area contributed by atoms with E-state index < -0.39 is 0 Å². The summed E-state index contributed by atoms with van der Waals surface area (Å²) in [4.78, 5) is 7.53. The van der Waals surface area contributed by atoms with Crippen LogP contribution in [0.1, 0.15) is 31.0 Å². The van der Waals surface area contributed by atoms with Crippen LogP contribution in [0.4, 0.5) is 0 Å². The molecule has 0 saturated heterocycles. The van der Waals surface area contributed by atoms with Crippen molar-refractivity contribution < 1.29 is 0 Å². The molecule has 0 aliphatic heterocycles. The summed E-state index contributed by atoms with van der Waals surface area (Å²) in [6, 6.07) is 8.57. The van der Waals surface area contributed by atoms with Crippen LogP contribution < -0.4 is 0 Å². The molecule has 0 unspecified atom stereocenters. The van der Waals surface area contributed by atoms with Gasteiger partial charge < -0.3 is 4.98 Å². The highest BCUT2D eigenvalue weighted by atomic mass is 14.9. The summed E-state index contributed by atoms with van der Waals surface area (Å²) in [5.41, 5.74) is 3.60. The zero-order valence-corrected chi connectivity index (χ0v) is 9.41. The lowest BCUT2D eigenvalue weighted by molar-refractivity contribution is 0.867. The van der Waals surface area contributed by atoms with Crippen LogP contribution in [0.15, 0.2) is 30.5 Å². The topological polar surface area (TPSA) is 28.7 Å². The van der Waals surface area contributed by atoms with Crippen LogP contribution in [0, 0.1) is 6.92 Å². The molecule has 15 heavy (non-hydrogen) atoms. The lowest BCUT2D eigenvalue weighted by atomic mass is 10.0. The van der Waals surface area contributed by atoms with Gasteiger partial charge in [-0.3, -0.25) is 0 Å². The second-order valence-corrected chi connectivity index (χ2v) is 4.19. The molecule has 0 aliphatic rings. The normalized spacial score (nSPS) is 10.9. The van der Waals surface area contributed by atoms with Crippen molar-refractivity contribution in [2.75, 3.05) is 0 Å². The fraction of sp³-hybridized carbons (Fsp3) is 0.308. The average Bonchev–Trinajstić information content (AvgIpc) is 2.65. The summed E-state index contributed by atoms with van der Waals surface area (Å²) in [7, 11) is 0. The SMILES string of the molecule is Cc1cnc(-c2ccc(C(C)C)cc2)[nH]1. The van der Waals surface area contributed by atoms with Crippen LogP contribution >= 0.6 is 0 Å². The van der Waals surface area contributed by atoms with Crippen LogP contribution in [0.3, 0.4) is 0 Å². The Morgan fingerprint density at radius 3 is 2.27 bits per heavy atom. The van der Waals surface area contributed by atoms with Gasteiger partial charge in [-0.2, -0.15) is 0 Å². The van der Waals surface area contributed by atoms with E-state index >= 15 is 0 Å². The van der Waals surface area contributed by atoms with E-state index in [0.29, 0.717) is 5.92 Å². The molecule has 1 aromatic carbocycles. The van der Waals surface area contributed by atoms with Crippen LogP contribution in [-0.2, 0) is 0 Å². The first-order valence-electron chi connectivity index (χ1n) is 5.29. The number of imidazole rings is 1. The molecule has 0 saturated carbocycles. The lowest BCUT2D eigenvalue weighted by Crippen LogP contribution is -1.87. The van der Waals surface area contributed by atoms with Crippen LogP contribution in [0.5, 0.6) is 0 Å². The monoisotopic (exact) mass is 200 g/mol. The first-order chi connectivity index (χ1) is 7.16. The second kappa shape index (κ2) is 3.89. The van der Waals surface area contributed by atoms with Gasteiger partial charge >= 0.3 is 0 Å². The van der Waals surface area contributed by atoms with Crippen molar-refractivity contribution in [1.82, 2.24) is 9.97 Å². The van der Waals surface area contributed by atoms with Gasteiger partial charge in [-0.05, 0) is 18.4 Å². The number of benzene rings is 1. The predicted molar refractivity (Wildman–Crippen MR) is 62.8 cm³/mol. The van der Waals surface area contributed by atoms with Crippen molar-refractivity contribution >= 4 is 0 Å². The molecule has 78 valence electrons. The van der Waals surface area contributed by atoms with Crippen molar-refractivity contribution in [2.45, 2.75) is 26.7 Å². The Morgan fingerprint density at radius 2 is 1.80 bits per heavy atom. The van der Waals surface area contributed by atoms with Crippen molar-refractivity contribution in [1.29, 1.82) is 0 Å². The first-order valence-corrected chi connectivity index (χ1v) is 5.29. The number of nitrogens with zero attached hydrogens (tertiary/aromatic N) is 1. The minimum Gasteiger partial charge on any atom is -0.342 e. The van der Waals surface area contributed by atoms with E-state index in [1.807, 2.05) is 13.1 Å². The molecule has 0 bridgehead atoms. The van der Waals surface area contributed by atoms with Crippen molar-refractivity contribution in [3.8, 4) is 11.4 Å². The lowest BCUT2D eigenvalue weighted by Gasteiger charge is -2.05. The second-order valence-electron chi connectivity index (χ2n) is 4.19. The van der Waals surface area contributed by atoms with E-state index in [1.165, 1.54) is 5.56 Å².